The van der Waals surface area contributed by atoms with Crippen molar-refractivity contribution in [3.05, 3.63) is 59.7 Å². The van der Waals surface area contributed by atoms with E-state index in [-0.39, 0.29) is 11.9 Å². The molecule has 1 aromatic carbocycles. The fourth-order valence-electron chi connectivity index (χ4n) is 3.54. The van der Waals surface area contributed by atoms with Crippen molar-refractivity contribution in [2.24, 2.45) is 0 Å². The molecule has 2 heterocycles. The van der Waals surface area contributed by atoms with Crippen LogP contribution in [0.4, 0.5) is 0 Å². The largest absolute Gasteiger partial charge is 0.334 e. The average Bonchev–Trinajstić information content (AvgIpc) is 3.06. The number of benzene rings is 1. The predicted octanol–water partition coefficient (Wildman–Crippen LogP) is 3.58. The minimum atomic E-state index is 0.00869. The molecule has 4 nitrogen and oxygen atoms in total. The van der Waals surface area contributed by atoms with Crippen LogP contribution in [0.5, 0.6) is 0 Å². The van der Waals surface area contributed by atoms with E-state index in [0.717, 1.165) is 31.5 Å². The van der Waals surface area contributed by atoms with Gasteiger partial charge in [0.1, 0.15) is 5.69 Å². The second-order valence-electron chi connectivity index (χ2n) is 6.18. The first-order valence-electron chi connectivity index (χ1n) is 8.35. The zero-order chi connectivity index (χ0) is 16.2. The molecule has 0 N–H and O–H groups in total. The lowest BCUT2D eigenvalue weighted by molar-refractivity contribution is 0.0708. The Balaban J connectivity index is 1.84. The average molecular weight is 309 g/mol. The summed E-state index contributed by atoms with van der Waals surface area (Å²) in [6.07, 6.45) is 6.39. The van der Waals surface area contributed by atoms with Gasteiger partial charge in [0.25, 0.3) is 5.91 Å². The number of nitrogens with zero attached hydrogens (tertiary/aromatic N) is 3. The van der Waals surface area contributed by atoms with Crippen LogP contribution < -0.4 is 0 Å². The Morgan fingerprint density at radius 3 is 2.70 bits per heavy atom. The van der Waals surface area contributed by atoms with Crippen LogP contribution in [-0.4, -0.2) is 33.4 Å². The van der Waals surface area contributed by atoms with Gasteiger partial charge in [0.05, 0.1) is 11.9 Å². The molecular weight excluding hydrogens is 286 g/mol. The van der Waals surface area contributed by atoms with E-state index in [4.69, 9.17) is 0 Å². The quantitative estimate of drug-likeness (QED) is 0.867. The first-order chi connectivity index (χ1) is 11.2. The van der Waals surface area contributed by atoms with Gasteiger partial charge in [-0.2, -0.15) is 0 Å². The first kappa shape index (κ1) is 15.7. The van der Waals surface area contributed by atoms with E-state index in [1.807, 2.05) is 17.9 Å². The van der Waals surface area contributed by atoms with Crippen LogP contribution in [-0.2, 0) is 0 Å². The molecule has 2 aromatic rings. The van der Waals surface area contributed by atoms with Gasteiger partial charge in [0.2, 0.25) is 0 Å². The van der Waals surface area contributed by atoms with Crippen molar-refractivity contribution >= 4 is 5.91 Å². The molecule has 1 amide bonds. The Labute approximate surface area is 137 Å². The molecule has 4 heteroatoms. The van der Waals surface area contributed by atoms with Crippen molar-refractivity contribution < 1.29 is 4.79 Å². The van der Waals surface area contributed by atoms with Gasteiger partial charge < -0.3 is 4.90 Å². The lowest BCUT2D eigenvalue weighted by Crippen LogP contribution is -2.39. The Morgan fingerprint density at radius 2 is 2.04 bits per heavy atom. The molecule has 0 aliphatic carbocycles. The predicted molar refractivity (Wildman–Crippen MR) is 90.3 cm³/mol. The summed E-state index contributed by atoms with van der Waals surface area (Å²) in [5.74, 6) is 0.385. The fraction of sp³-hybridized carbons (Fsp3) is 0.421. The maximum atomic E-state index is 12.8. The second-order valence-corrected chi connectivity index (χ2v) is 6.18. The molecule has 0 saturated carbocycles. The van der Waals surface area contributed by atoms with Gasteiger partial charge in [-0.3, -0.25) is 9.78 Å². The summed E-state index contributed by atoms with van der Waals surface area (Å²) in [5, 5.41) is 0. The van der Waals surface area contributed by atoms with Crippen LogP contribution in [0.2, 0.25) is 0 Å². The molecule has 2 atom stereocenters. The molecule has 0 spiro atoms. The van der Waals surface area contributed by atoms with E-state index in [0.29, 0.717) is 11.6 Å². The van der Waals surface area contributed by atoms with Crippen molar-refractivity contribution in [2.45, 2.75) is 45.1 Å². The van der Waals surface area contributed by atoms with Crippen molar-refractivity contribution in [3.63, 3.8) is 0 Å². The molecular formula is C19H23N3O. The standard InChI is InChI=1S/C19H23N3O/c1-3-16(15-8-5-4-6-9-15)18-10-7-11-22(18)19(23)17-13-20-14(2)12-21-17/h4-6,8-9,12-13,16,18H,3,7,10-11H2,1-2H3/t16-,18+/m0/s1. The highest BCUT2D eigenvalue weighted by molar-refractivity contribution is 5.92. The number of amides is 1. The van der Waals surface area contributed by atoms with Gasteiger partial charge in [-0.1, -0.05) is 37.3 Å². The third-order valence-electron chi connectivity index (χ3n) is 4.69. The van der Waals surface area contributed by atoms with Crippen molar-refractivity contribution in [1.29, 1.82) is 0 Å². The van der Waals surface area contributed by atoms with Crippen LogP contribution in [0.3, 0.4) is 0 Å². The highest BCUT2D eigenvalue weighted by atomic mass is 16.2. The molecule has 120 valence electrons. The van der Waals surface area contributed by atoms with Gasteiger partial charge in [0, 0.05) is 24.7 Å². The summed E-state index contributed by atoms with van der Waals surface area (Å²) < 4.78 is 0. The van der Waals surface area contributed by atoms with E-state index in [2.05, 4.69) is 41.2 Å². The third kappa shape index (κ3) is 3.26. The number of carbonyl (C=O) groups excluding carboxylic acids is 1. The summed E-state index contributed by atoms with van der Waals surface area (Å²) >= 11 is 0. The van der Waals surface area contributed by atoms with Crippen LogP contribution >= 0.6 is 0 Å². The highest BCUT2D eigenvalue weighted by Crippen LogP contribution is 2.34. The molecule has 0 bridgehead atoms. The van der Waals surface area contributed by atoms with Gasteiger partial charge in [-0.25, -0.2) is 4.98 Å². The van der Waals surface area contributed by atoms with Gasteiger partial charge >= 0.3 is 0 Å². The normalized spacial score (nSPS) is 18.9. The summed E-state index contributed by atoms with van der Waals surface area (Å²) in [4.78, 5) is 23.3. The maximum absolute atomic E-state index is 12.8. The first-order valence-corrected chi connectivity index (χ1v) is 8.35. The summed E-state index contributed by atoms with van der Waals surface area (Å²) in [6, 6.07) is 10.8. The van der Waals surface area contributed by atoms with Crippen LogP contribution in [0.1, 0.15) is 53.8 Å². The summed E-state index contributed by atoms with van der Waals surface area (Å²) in [5.41, 5.74) is 2.59. The number of likely N-dealkylation sites (tertiary alicyclic amines) is 1. The van der Waals surface area contributed by atoms with Crippen LogP contribution in [0.15, 0.2) is 42.7 Å². The van der Waals surface area contributed by atoms with Crippen LogP contribution in [0.25, 0.3) is 0 Å². The molecule has 1 aliphatic rings. The van der Waals surface area contributed by atoms with Crippen molar-refractivity contribution in [2.75, 3.05) is 6.54 Å². The zero-order valence-electron chi connectivity index (χ0n) is 13.8. The SMILES string of the molecule is CC[C@@H](c1ccccc1)[C@H]1CCCN1C(=O)c1cnc(C)cn1. The molecule has 3 rings (SSSR count). The molecule has 1 aromatic heterocycles. The number of aromatic nitrogens is 2. The second kappa shape index (κ2) is 6.90. The van der Waals surface area contributed by atoms with E-state index in [1.54, 1.807) is 12.4 Å². The topological polar surface area (TPSA) is 46.1 Å². The number of aryl methyl sites for hydroxylation is 1. The zero-order valence-corrected chi connectivity index (χ0v) is 13.8. The third-order valence-corrected chi connectivity index (χ3v) is 4.69. The lowest BCUT2D eigenvalue weighted by atomic mass is 9.87. The molecule has 1 aliphatic heterocycles. The Hall–Kier alpha value is -2.23. The highest BCUT2D eigenvalue weighted by Gasteiger charge is 2.35. The molecule has 1 saturated heterocycles. The lowest BCUT2D eigenvalue weighted by Gasteiger charge is -2.31. The minimum absolute atomic E-state index is 0.00869. The van der Waals surface area contributed by atoms with E-state index in [9.17, 15) is 4.79 Å². The van der Waals surface area contributed by atoms with Gasteiger partial charge in [-0.05, 0) is 31.7 Å². The van der Waals surface area contributed by atoms with Gasteiger partial charge in [0.15, 0.2) is 0 Å². The molecule has 0 unspecified atom stereocenters. The summed E-state index contributed by atoms with van der Waals surface area (Å²) in [6.45, 7) is 4.88. The molecule has 23 heavy (non-hydrogen) atoms. The van der Waals surface area contributed by atoms with E-state index in [1.165, 1.54) is 5.56 Å². The Kier molecular flexibility index (Phi) is 4.70. The molecule has 1 fully saturated rings. The minimum Gasteiger partial charge on any atom is -0.334 e. The fourth-order valence-corrected chi connectivity index (χ4v) is 3.54. The van der Waals surface area contributed by atoms with Crippen molar-refractivity contribution in [3.8, 4) is 0 Å². The molecule has 0 radical (unpaired) electrons. The Morgan fingerprint density at radius 1 is 1.26 bits per heavy atom. The monoisotopic (exact) mass is 309 g/mol. The number of hydrogen-bond donors (Lipinski definition) is 0. The van der Waals surface area contributed by atoms with E-state index < -0.39 is 0 Å². The van der Waals surface area contributed by atoms with E-state index >= 15 is 0 Å². The number of hydrogen-bond acceptors (Lipinski definition) is 3. The Bertz CT molecular complexity index is 654. The number of carbonyl (C=O) groups is 1. The number of rotatable bonds is 4. The maximum Gasteiger partial charge on any atom is 0.274 e. The summed E-state index contributed by atoms with van der Waals surface area (Å²) in [7, 11) is 0. The van der Waals surface area contributed by atoms with Crippen molar-refractivity contribution in [1.82, 2.24) is 14.9 Å². The smallest absolute Gasteiger partial charge is 0.274 e. The van der Waals surface area contributed by atoms with Gasteiger partial charge in [-0.15, -0.1) is 0 Å². The van der Waals surface area contributed by atoms with Crippen LogP contribution in [0, 0.1) is 6.92 Å².